The third kappa shape index (κ3) is 5.11. The van der Waals surface area contributed by atoms with Crippen LogP contribution in [-0.2, 0) is 4.74 Å². The number of amidine groups is 1. The number of nitrogen functional groups attached to an aromatic ring is 1. The number of methoxy groups -OCH3 is 1. The first-order valence-electron chi connectivity index (χ1n) is 8.70. The standard InChI is InChI=1S/C18H28ClN3O3S/c1-21-18(26-3)22(13-5-9-24-10-6-13)15-12-16(23-2)17(11-14(15)20)25-8-4-7-19/h11-13H,4-10,20H2,1-3H3. The molecule has 1 aliphatic heterocycles. The minimum absolute atomic E-state index is 0.282. The van der Waals surface area contributed by atoms with E-state index in [9.17, 15) is 0 Å². The number of rotatable bonds is 7. The van der Waals surface area contributed by atoms with Crippen molar-refractivity contribution in [1.29, 1.82) is 0 Å². The average Bonchev–Trinajstić information content (AvgIpc) is 2.67. The summed E-state index contributed by atoms with van der Waals surface area (Å²) in [5.41, 5.74) is 7.92. The predicted molar refractivity (Wildman–Crippen MR) is 111 cm³/mol. The summed E-state index contributed by atoms with van der Waals surface area (Å²) in [5, 5.41) is 0.918. The zero-order valence-corrected chi connectivity index (χ0v) is 17.2. The van der Waals surface area contributed by atoms with Gasteiger partial charge in [-0.2, -0.15) is 0 Å². The van der Waals surface area contributed by atoms with Gasteiger partial charge >= 0.3 is 0 Å². The second-order valence-corrected chi connectivity index (χ2v) is 7.03. The SMILES string of the molecule is CN=C(SC)N(c1cc(OC)c(OCCCCl)cc1N)C1CCOCC1. The van der Waals surface area contributed by atoms with Gasteiger partial charge in [0.25, 0.3) is 0 Å². The fraction of sp³-hybridized carbons (Fsp3) is 0.611. The number of hydrogen-bond donors (Lipinski definition) is 1. The number of alkyl halides is 1. The lowest BCUT2D eigenvalue weighted by Gasteiger charge is -2.36. The molecule has 8 heteroatoms. The summed E-state index contributed by atoms with van der Waals surface area (Å²) in [5.74, 6) is 1.83. The number of nitrogens with two attached hydrogens (primary N) is 1. The molecule has 0 bridgehead atoms. The predicted octanol–water partition coefficient (Wildman–Crippen LogP) is 3.62. The van der Waals surface area contributed by atoms with Crippen LogP contribution in [0.25, 0.3) is 0 Å². The Kier molecular flexibility index (Phi) is 8.68. The van der Waals surface area contributed by atoms with E-state index in [1.807, 2.05) is 18.4 Å². The summed E-state index contributed by atoms with van der Waals surface area (Å²) in [6, 6.07) is 4.04. The molecular formula is C18H28ClN3O3S. The monoisotopic (exact) mass is 401 g/mol. The van der Waals surface area contributed by atoms with Crippen LogP contribution in [0.4, 0.5) is 11.4 Å². The molecule has 26 heavy (non-hydrogen) atoms. The molecule has 2 rings (SSSR count). The summed E-state index contributed by atoms with van der Waals surface area (Å²) in [6.07, 6.45) is 4.63. The van der Waals surface area contributed by atoms with Crippen molar-refractivity contribution in [2.75, 3.05) is 56.7 Å². The second kappa shape index (κ2) is 10.7. The molecule has 0 aliphatic carbocycles. The molecule has 0 unspecified atom stereocenters. The number of ether oxygens (including phenoxy) is 3. The van der Waals surface area contributed by atoms with Gasteiger partial charge in [-0.1, -0.05) is 11.8 Å². The minimum atomic E-state index is 0.282. The summed E-state index contributed by atoms with van der Waals surface area (Å²) >= 11 is 7.33. The van der Waals surface area contributed by atoms with Gasteiger partial charge in [-0.15, -0.1) is 11.6 Å². The highest BCUT2D eigenvalue weighted by molar-refractivity contribution is 8.13. The van der Waals surface area contributed by atoms with Crippen molar-refractivity contribution < 1.29 is 14.2 Å². The van der Waals surface area contributed by atoms with E-state index in [0.29, 0.717) is 29.7 Å². The van der Waals surface area contributed by atoms with E-state index in [4.69, 9.17) is 31.5 Å². The Labute approximate surface area is 165 Å². The maximum absolute atomic E-state index is 6.41. The Morgan fingerprint density at radius 3 is 2.69 bits per heavy atom. The molecule has 1 aromatic carbocycles. The van der Waals surface area contributed by atoms with Crippen molar-refractivity contribution in [3.05, 3.63) is 12.1 Å². The van der Waals surface area contributed by atoms with E-state index in [-0.39, 0.29) is 6.04 Å². The van der Waals surface area contributed by atoms with Crippen LogP contribution >= 0.6 is 23.4 Å². The molecule has 2 N–H and O–H groups in total. The maximum Gasteiger partial charge on any atom is 0.163 e. The lowest BCUT2D eigenvalue weighted by atomic mass is 10.1. The number of benzene rings is 1. The van der Waals surface area contributed by atoms with Crippen LogP contribution in [0, 0.1) is 0 Å². The molecule has 146 valence electrons. The Hall–Kier alpha value is -1.31. The smallest absolute Gasteiger partial charge is 0.163 e. The normalized spacial score (nSPS) is 15.8. The van der Waals surface area contributed by atoms with Crippen molar-refractivity contribution in [1.82, 2.24) is 0 Å². The van der Waals surface area contributed by atoms with Crippen LogP contribution in [0.3, 0.4) is 0 Å². The largest absolute Gasteiger partial charge is 0.493 e. The minimum Gasteiger partial charge on any atom is -0.493 e. The van der Waals surface area contributed by atoms with Crippen molar-refractivity contribution in [3.63, 3.8) is 0 Å². The summed E-state index contributed by atoms with van der Waals surface area (Å²) in [6.45, 7) is 2.00. The fourth-order valence-electron chi connectivity index (χ4n) is 2.98. The van der Waals surface area contributed by atoms with Crippen molar-refractivity contribution in [3.8, 4) is 11.5 Å². The molecule has 1 fully saturated rings. The summed E-state index contributed by atoms with van der Waals surface area (Å²) < 4.78 is 16.8. The van der Waals surface area contributed by atoms with Crippen molar-refractivity contribution >= 4 is 39.9 Å². The van der Waals surface area contributed by atoms with Crippen molar-refractivity contribution in [2.45, 2.75) is 25.3 Å². The van der Waals surface area contributed by atoms with Gasteiger partial charge in [0.1, 0.15) is 0 Å². The second-order valence-electron chi connectivity index (χ2n) is 5.88. The summed E-state index contributed by atoms with van der Waals surface area (Å²) in [7, 11) is 3.43. The zero-order valence-electron chi connectivity index (χ0n) is 15.7. The number of aliphatic imine (C=N–C) groups is 1. The van der Waals surface area contributed by atoms with Crippen molar-refractivity contribution in [2.24, 2.45) is 4.99 Å². The molecule has 0 saturated carbocycles. The maximum atomic E-state index is 6.41. The highest BCUT2D eigenvalue weighted by Gasteiger charge is 2.28. The van der Waals surface area contributed by atoms with Crippen LogP contribution < -0.4 is 20.1 Å². The molecule has 0 radical (unpaired) electrons. The van der Waals surface area contributed by atoms with E-state index in [1.54, 1.807) is 25.9 Å². The highest BCUT2D eigenvalue weighted by atomic mass is 35.5. The lowest BCUT2D eigenvalue weighted by molar-refractivity contribution is 0.0872. The Balaban J connectivity index is 2.39. The van der Waals surface area contributed by atoms with Crippen LogP contribution in [0.1, 0.15) is 19.3 Å². The third-order valence-corrected chi connectivity index (χ3v) is 5.26. The van der Waals surface area contributed by atoms with Gasteiger partial charge in [-0.3, -0.25) is 4.99 Å². The molecule has 0 atom stereocenters. The number of hydrogen-bond acceptors (Lipinski definition) is 6. The van der Waals surface area contributed by atoms with Gasteiger partial charge < -0.3 is 24.8 Å². The zero-order chi connectivity index (χ0) is 18.9. The van der Waals surface area contributed by atoms with Gasteiger partial charge in [-0.05, 0) is 25.5 Å². The lowest BCUT2D eigenvalue weighted by Crippen LogP contribution is -2.43. The first-order chi connectivity index (χ1) is 12.7. The molecule has 1 heterocycles. The molecule has 6 nitrogen and oxygen atoms in total. The Morgan fingerprint density at radius 2 is 2.12 bits per heavy atom. The van der Waals surface area contributed by atoms with Crippen LogP contribution in [0.2, 0.25) is 0 Å². The Bertz CT molecular complexity index is 610. The van der Waals surface area contributed by atoms with E-state index >= 15 is 0 Å². The topological polar surface area (TPSA) is 69.3 Å². The molecule has 0 spiro atoms. The van der Waals surface area contributed by atoms with Crippen LogP contribution in [0.5, 0.6) is 11.5 Å². The molecule has 1 aliphatic rings. The molecule has 1 saturated heterocycles. The van der Waals surface area contributed by atoms with Crippen LogP contribution in [0.15, 0.2) is 17.1 Å². The van der Waals surface area contributed by atoms with Crippen LogP contribution in [-0.4, -0.2) is 57.3 Å². The summed E-state index contributed by atoms with van der Waals surface area (Å²) in [4.78, 5) is 6.66. The molecule has 0 aromatic heterocycles. The van der Waals surface area contributed by atoms with Gasteiger partial charge in [0, 0.05) is 44.3 Å². The number of nitrogens with zero attached hydrogens (tertiary/aromatic N) is 2. The molecule has 1 aromatic rings. The van der Waals surface area contributed by atoms with E-state index < -0.39 is 0 Å². The Morgan fingerprint density at radius 1 is 1.38 bits per heavy atom. The quantitative estimate of drug-likeness (QED) is 0.247. The first kappa shape index (κ1) is 21.0. The first-order valence-corrected chi connectivity index (χ1v) is 10.5. The van der Waals surface area contributed by atoms with E-state index in [2.05, 4.69) is 9.89 Å². The number of thioether (sulfide) groups is 1. The fourth-order valence-corrected chi connectivity index (χ4v) is 3.71. The van der Waals surface area contributed by atoms with Gasteiger partial charge in [0.15, 0.2) is 16.7 Å². The van der Waals surface area contributed by atoms with E-state index in [0.717, 1.165) is 43.3 Å². The molecule has 0 amide bonds. The van der Waals surface area contributed by atoms with E-state index in [1.165, 1.54) is 0 Å². The van der Waals surface area contributed by atoms with Gasteiger partial charge in [0.2, 0.25) is 0 Å². The molecular weight excluding hydrogens is 374 g/mol. The average molecular weight is 402 g/mol. The van der Waals surface area contributed by atoms with Gasteiger partial charge in [0.05, 0.1) is 25.1 Å². The number of anilines is 2. The van der Waals surface area contributed by atoms with Gasteiger partial charge in [-0.25, -0.2) is 0 Å². The highest BCUT2D eigenvalue weighted by Crippen LogP contribution is 2.39. The number of halogens is 1. The third-order valence-electron chi connectivity index (χ3n) is 4.24.